The van der Waals surface area contributed by atoms with Crippen LogP contribution in [0, 0.1) is 5.92 Å². The number of piperazine rings is 1. The monoisotopic (exact) mass is 258 g/mol. The summed E-state index contributed by atoms with van der Waals surface area (Å²) < 4.78 is 22.6. The van der Waals surface area contributed by atoms with Crippen molar-refractivity contribution in [3.05, 3.63) is 12.2 Å². The van der Waals surface area contributed by atoms with E-state index in [-0.39, 0.29) is 0 Å². The largest absolute Gasteiger partial charge is 0.314 e. The van der Waals surface area contributed by atoms with Gasteiger partial charge in [-0.05, 0) is 18.8 Å². The van der Waals surface area contributed by atoms with E-state index in [2.05, 4.69) is 22.4 Å². The molecule has 2 saturated heterocycles. The second-order valence-electron chi connectivity index (χ2n) is 5.03. The number of nitrogens with one attached hydrogen (secondary N) is 1. The summed E-state index contributed by atoms with van der Waals surface area (Å²) in [5, 5.41) is 3.33. The SMILES string of the molecule is O=S1(=O)CCC(C/C=C\CN2CCNCC2)C1. The molecule has 17 heavy (non-hydrogen) atoms. The van der Waals surface area contributed by atoms with E-state index in [1.165, 1.54) is 0 Å². The molecular formula is C12H22N2O2S. The zero-order valence-electron chi connectivity index (χ0n) is 10.3. The average molecular weight is 258 g/mol. The fourth-order valence-electron chi connectivity index (χ4n) is 2.46. The third kappa shape index (κ3) is 4.41. The van der Waals surface area contributed by atoms with Crippen LogP contribution in [0.2, 0.25) is 0 Å². The standard InChI is InChI=1S/C12H22N2O2S/c15-17(16)10-4-12(11-17)3-1-2-7-14-8-5-13-6-9-14/h1-2,12-13H,3-11H2/b2-1-. The van der Waals surface area contributed by atoms with Crippen molar-refractivity contribution >= 4 is 9.84 Å². The molecule has 0 aliphatic carbocycles. The molecule has 2 fully saturated rings. The zero-order valence-corrected chi connectivity index (χ0v) is 11.1. The summed E-state index contributed by atoms with van der Waals surface area (Å²) in [5.74, 6) is 1.15. The molecule has 2 heterocycles. The van der Waals surface area contributed by atoms with E-state index in [9.17, 15) is 8.42 Å². The van der Waals surface area contributed by atoms with Crippen molar-refractivity contribution in [3.63, 3.8) is 0 Å². The summed E-state index contributed by atoms with van der Waals surface area (Å²) in [6, 6.07) is 0. The Morgan fingerprint density at radius 3 is 2.65 bits per heavy atom. The molecule has 4 nitrogen and oxygen atoms in total. The predicted molar refractivity (Wildman–Crippen MR) is 69.8 cm³/mol. The van der Waals surface area contributed by atoms with E-state index in [4.69, 9.17) is 0 Å². The highest BCUT2D eigenvalue weighted by atomic mass is 32.2. The third-order valence-corrected chi connectivity index (χ3v) is 5.37. The highest BCUT2D eigenvalue weighted by Gasteiger charge is 2.26. The van der Waals surface area contributed by atoms with Crippen LogP contribution in [-0.4, -0.2) is 57.5 Å². The molecule has 2 aliphatic heterocycles. The van der Waals surface area contributed by atoms with E-state index < -0.39 is 9.84 Å². The lowest BCUT2D eigenvalue weighted by atomic mass is 10.1. The highest BCUT2D eigenvalue weighted by Crippen LogP contribution is 2.21. The van der Waals surface area contributed by atoms with Crippen LogP contribution >= 0.6 is 0 Å². The van der Waals surface area contributed by atoms with Crippen LogP contribution in [0.5, 0.6) is 0 Å². The molecule has 98 valence electrons. The Labute approximate surface area is 104 Å². The van der Waals surface area contributed by atoms with Gasteiger partial charge < -0.3 is 5.32 Å². The summed E-state index contributed by atoms with van der Waals surface area (Å²) in [7, 11) is -2.71. The molecule has 0 bridgehead atoms. The van der Waals surface area contributed by atoms with Gasteiger partial charge >= 0.3 is 0 Å². The maximum atomic E-state index is 11.3. The number of rotatable bonds is 4. The lowest BCUT2D eigenvalue weighted by Gasteiger charge is -2.25. The van der Waals surface area contributed by atoms with Crippen molar-refractivity contribution in [2.24, 2.45) is 5.92 Å². The fraction of sp³-hybridized carbons (Fsp3) is 0.833. The quantitative estimate of drug-likeness (QED) is 0.736. The molecule has 1 atom stereocenters. The van der Waals surface area contributed by atoms with Gasteiger partial charge in [-0.15, -0.1) is 0 Å². The van der Waals surface area contributed by atoms with Crippen LogP contribution in [0.1, 0.15) is 12.8 Å². The molecule has 0 aromatic rings. The number of hydrogen-bond acceptors (Lipinski definition) is 4. The van der Waals surface area contributed by atoms with E-state index in [0.717, 1.165) is 45.6 Å². The van der Waals surface area contributed by atoms with Gasteiger partial charge in [-0.2, -0.15) is 0 Å². The average Bonchev–Trinajstić information content (AvgIpc) is 2.66. The van der Waals surface area contributed by atoms with Crippen LogP contribution in [0.3, 0.4) is 0 Å². The Hall–Kier alpha value is -0.390. The van der Waals surface area contributed by atoms with E-state index in [0.29, 0.717) is 17.4 Å². The van der Waals surface area contributed by atoms with Crippen LogP contribution < -0.4 is 5.32 Å². The van der Waals surface area contributed by atoms with Crippen LogP contribution in [0.4, 0.5) is 0 Å². The Bertz CT molecular complexity index is 359. The number of nitrogens with zero attached hydrogens (tertiary/aromatic N) is 1. The van der Waals surface area contributed by atoms with Crippen LogP contribution in [0.25, 0.3) is 0 Å². The van der Waals surface area contributed by atoms with E-state index in [1.807, 2.05) is 0 Å². The van der Waals surface area contributed by atoms with Crippen molar-refractivity contribution in [3.8, 4) is 0 Å². The van der Waals surface area contributed by atoms with Crippen molar-refractivity contribution in [1.29, 1.82) is 0 Å². The van der Waals surface area contributed by atoms with Crippen molar-refractivity contribution < 1.29 is 8.42 Å². The minimum Gasteiger partial charge on any atom is -0.314 e. The van der Waals surface area contributed by atoms with E-state index in [1.54, 1.807) is 0 Å². The molecule has 5 heteroatoms. The minimum atomic E-state index is -2.71. The first-order chi connectivity index (χ1) is 8.16. The summed E-state index contributed by atoms with van der Waals surface area (Å²) >= 11 is 0. The topological polar surface area (TPSA) is 49.4 Å². The molecule has 1 unspecified atom stereocenters. The van der Waals surface area contributed by atoms with Gasteiger partial charge in [0.1, 0.15) is 0 Å². The second-order valence-corrected chi connectivity index (χ2v) is 7.26. The maximum Gasteiger partial charge on any atom is 0.150 e. The maximum absolute atomic E-state index is 11.3. The first kappa shape index (κ1) is 13.1. The first-order valence-corrected chi connectivity index (χ1v) is 8.26. The molecule has 0 amide bonds. The lowest BCUT2D eigenvalue weighted by molar-refractivity contribution is 0.264. The third-order valence-electron chi connectivity index (χ3n) is 3.54. The van der Waals surface area contributed by atoms with Crippen molar-refractivity contribution in [2.45, 2.75) is 12.8 Å². The Morgan fingerprint density at radius 1 is 1.24 bits per heavy atom. The van der Waals surface area contributed by atoms with Gasteiger partial charge in [0.25, 0.3) is 0 Å². The van der Waals surface area contributed by atoms with Gasteiger partial charge in [0.05, 0.1) is 11.5 Å². The predicted octanol–water partition coefficient (Wildman–Crippen LogP) is 0.273. The molecular weight excluding hydrogens is 236 g/mol. The van der Waals surface area contributed by atoms with Gasteiger partial charge in [0.2, 0.25) is 0 Å². The Morgan fingerprint density at radius 2 is 2.00 bits per heavy atom. The van der Waals surface area contributed by atoms with Crippen LogP contribution in [0.15, 0.2) is 12.2 Å². The van der Waals surface area contributed by atoms with Gasteiger partial charge in [0, 0.05) is 32.7 Å². The van der Waals surface area contributed by atoms with Gasteiger partial charge in [-0.25, -0.2) is 8.42 Å². The lowest BCUT2D eigenvalue weighted by Crippen LogP contribution is -2.43. The molecule has 0 saturated carbocycles. The molecule has 0 spiro atoms. The highest BCUT2D eigenvalue weighted by molar-refractivity contribution is 7.91. The minimum absolute atomic E-state index is 0.360. The molecule has 1 N–H and O–H groups in total. The number of hydrogen-bond donors (Lipinski definition) is 1. The molecule has 0 aromatic heterocycles. The van der Waals surface area contributed by atoms with Gasteiger partial charge in [-0.3, -0.25) is 4.90 Å². The summed E-state index contributed by atoms with van der Waals surface area (Å²) in [6.07, 6.45) is 6.12. The van der Waals surface area contributed by atoms with Crippen molar-refractivity contribution in [1.82, 2.24) is 10.2 Å². The fourth-order valence-corrected chi connectivity index (χ4v) is 4.34. The summed E-state index contributed by atoms with van der Waals surface area (Å²) in [6.45, 7) is 5.38. The zero-order chi connectivity index (χ0) is 12.1. The van der Waals surface area contributed by atoms with E-state index >= 15 is 0 Å². The molecule has 2 rings (SSSR count). The smallest absolute Gasteiger partial charge is 0.150 e. The summed E-state index contributed by atoms with van der Waals surface area (Å²) in [4.78, 5) is 2.42. The second kappa shape index (κ2) is 5.98. The number of sulfone groups is 1. The Kier molecular flexibility index (Phi) is 4.59. The molecule has 2 aliphatic rings. The molecule has 0 aromatic carbocycles. The summed E-state index contributed by atoms with van der Waals surface area (Å²) in [5.41, 5.74) is 0. The number of allylic oxidation sites excluding steroid dienone is 1. The first-order valence-electron chi connectivity index (χ1n) is 6.44. The normalized spacial score (nSPS) is 30.0. The van der Waals surface area contributed by atoms with Crippen molar-refractivity contribution in [2.75, 3.05) is 44.2 Å². The van der Waals surface area contributed by atoms with Gasteiger partial charge in [0.15, 0.2) is 9.84 Å². The Balaban J connectivity index is 1.64. The molecule has 0 radical (unpaired) electrons. The van der Waals surface area contributed by atoms with Crippen LogP contribution in [-0.2, 0) is 9.84 Å². The van der Waals surface area contributed by atoms with Gasteiger partial charge in [-0.1, -0.05) is 12.2 Å².